The summed E-state index contributed by atoms with van der Waals surface area (Å²) >= 11 is 0. The second kappa shape index (κ2) is 15.8. The van der Waals surface area contributed by atoms with Crippen LogP contribution in [0.3, 0.4) is 0 Å². The highest BCUT2D eigenvalue weighted by Crippen LogP contribution is 2.60. The quantitative estimate of drug-likeness (QED) is 0.151. The topological polar surface area (TPSA) is 16.4 Å². The zero-order valence-electron chi connectivity index (χ0n) is 38.3. The maximum Gasteiger partial charge on any atom is 0.134 e. The molecule has 11 aromatic carbocycles. The van der Waals surface area contributed by atoms with E-state index in [1.807, 2.05) is 6.07 Å². The van der Waals surface area contributed by atoms with Crippen LogP contribution < -0.4 is 4.90 Å². The van der Waals surface area contributed by atoms with E-state index >= 15 is 0 Å². The number of nitrogens with zero attached hydrogens (tertiary/aromatic N) is 1. The van der Waals surface area contributed by atoms with Crippen LogP contribution in [0.15, 0.2) is 278 Å². The van der Waals surface area contributed by atoms with Gasteiger partial charge in [0.25, 0.3) is 0 Å². The fraction of sp³-hybridized carbons (Fsp3) is 0.0294. The Morgan fingerprint density at radius 3 is 1.30 bits per heavy atom. The zero-order chi connectivity index (χ0) is 46.2. The van der Waals surface area contributed by atoms with Crippen molar-refractivity contribution in [2.45, 2.75) is 10.8 Å². The van der Waals surface area contributed by atoms with Crippen molar-refractivity contribution in [2.24, 2.45) is 0 Å². The van der Waals surface area contributed by atoms with E-state index in [0.717, 1.165) is 39.2 Å². The molecular formula is C68H45NO. The van der Waals surface area contributed by atoms with Crippen LogP contribution in [0.1, 0.15) is 44.5 Å². The molecule has 2 nitrogen and oxygen atoms in total. The number of rotatable bonds is 8. The van der Waals surface area contributed by atoms with Crippen molar-refractivity contribution in [3.63, 3.8) is 0 Å². The lowest BCUT2D eigenvalue weighted by Crippen LogP contribution is -2.29. The van der Waals surface area contributed by atoms with Gasteiger partial charge in [0.1, 0.15) is 5.58 Å². The van der Waals surface area contributed by atoms with Gasteiger partial charge in [0.05, 0.1) is 17.1 Å². The Hall–Kier alpha value is -8.98. The number of benzene rings is 11. The lowest BCUT2D eigenvalue weighted by atomic mass is 9.67. The summed E-state index contributed by atoms with van der Waals surface area (Å²) in [6.45, 7) is 0. The van der Waals surface area contributed by atoms with Gasteiger partial charge in [0, 0.05) is 22.4 Å². The van der Waals surface area contributed by atoms with Gasteiger partial charge in [-0.2, -0.15) is 0 Å². The van der Waals surface area contributed by atoms with E-state index in [2.05, 4.69) is 266 Å². The molecule has 0 radical (unpaired) electrons. The van der Waals surface area contributed by atoms with Crippen LogP contribution in [-0.4, -0.2) is 0 Å². The monoisotopic (exact) mass is 891 g/mol. The summed E-state index contributed by atoms with van der Waals surface area (Å²) < 4.78 is 5.85. The molecule has 14 rings (SSSR count). The van der Waals surface area contributed by atoms with E-state index < -0.39 is 10.8 Å². The smallest absolute Gasteiger partial charge is 0.134 e. The number of hydrogen-bond donors (Lipinski definition) is 0. The molecule has 12 aromatic rings. The predicted octanol–water partition coefficient (Wildman–Crippen LogP) is 17.4. The third-order valence-corrected chi connectivity index (χ3v) is 15.3. The highest BCUT2D eigenvalue weighted by atomic mass is 16.3. The summed E-state index contributed by atoms with van der Waals surface area (Å²) in [5.74, 6) is 0. The molecule has 0 fully saturated rings. The molecule has 0 atom stereocenters. The van der Waals surface area contributed by atoms with Crippen LogP contribution in [0.25, 0.3) is 55.1 Å². The second-order valence-corrected chi connectivity index (χ2v) is 18.8. The van der Waals surface area contributed by atoms with E-state index in [-0.39, 0.29) is 0 Å². The van der Waals surface area contributed by atoms with Gasteiger partial charge in [-0.05, 0) is 149 Å². The number of fused-ring (bicyclic) bond motifs is 8. The van der Waals surface area contributed by atoms with Crippen LogP contribution in [0, 0.1) is 0 Å². The highest BCUT2D eigenvalue weighted by molar-refractivity contribution is 5.98. The van der Waals surface area contributed by atoms with Gasteiger partial charge in [-0.25, -0.2) is 0 Å². The van der Waals surface area contributed by atoms with Gasteiger partial charge in [-0.3, -0.25) is 0 Å². The fourth-order valence-corrected chi connectivity index (χ4v) is 12.3. The van der Waals surface area contributed by atoms with Crippen molar-refractivity contribution in [3.8, 4) is 33.4 Å². The maximum absolute atomic E-state index is 5.85. The molecule has 1 heterocycles. The molecule has 0 N–H and O–H groups in total. The van der Waals surface area contributed by atoms with Gasteiger partial charge < -0.3 is 9.32 Å². The molecular weight excluding hydrogens is 847 g/mol. The minimum Gasteiger partial charge on any atom is -0.464 e. The SMILES string of the molecule is c1ccc(C2(c3ccccc3)c3ccccc3-c3ccc(N(c4ccc(-c5ccc6ccoc6c5)cc4)c4ccc5c(c4)C(c4ccccc4)(c4ccccc4)c4cc6ccccc6cc4-5)cc32)cc1. The summed E-state index contributed by atoms with van der Waals surface area (Å²) in [5.41, 5.74) is 20.3. The van der Waals surface area contributed by atoms with Gasteiger partial charge in [0.15, 0.2) is 0 Å². The van der Waals surface area contributed by atoms with Gasteiger partial charge in [-0.1, -0.05) is 206 Å². The van der Waals surface area contributed by atoms with Crippen molar-refractivity contribution >= 4 is 38.8 Å². The predicted molar refractivity (Wildman–Crippen MR) is 288 cm³/mol. The Bertz CT molecular complexity index is 3850. The third-order valence-electron chi connectivity index (χ3n) is 15.3. The highest BCUT2D eigenvalue weighted by Gasteiger charge is 2.48. The van der Waals surface area contributed by atoms with Crippen LogP contribution >= 0.6 is 0 Å². The lowest BCUT2D eigenvalue weighted by molar-refractivity contribution is 0.616. The average Bonchev–Trinajstić information content (AvgIpc) is 4.12. The molecule has 0 saturated carbocycles. The average molecular weight is 892 g/mol. The van der Waals surface area contributed by atoms with Crippen molar-refractivity contribution < 1.29 is 4.42 Å². The molecule has 2 aliphatic rings. The molecule has 0 bridgehead atoms. The lowest BCUT2D eigenvalue weighted by Gasteiger charge is -2.36. The Labute approximate surface area is 408 Å². The molecule has 2 heteroatoms. The first kappa shape index (κ1) is 40.1. The Morgan fingerprint density at radius 1 is 0.271 bits per heavy atom. The van der Waals surface area contributed by atoms with Crippen LogP contribution in [0.4, 0.5) is 17.1 Å². The van der Waals surface area contributed by atoms with Gasteiger partial charge in [0.2, 0.25) is 0 Å². The first-order valence-corrected chi connectivity index (χ1v) is 24.2. The number of furan rings is 1. The standard InChI is InChI=1S/C68H45NO/c1-5-19-51(20-6-1)67(52-21-7-2-8-22-52)62-28-16-15-27-58(62)59-37-35-56(44-64(59)67)69(55-33-31-46(32-34-55)50-30-29-47-39-40-70-66(47)43-50)57-36-38-60-61-41-48-17-13-14-18-49(48)42-63(61)68(65(60)45-57,53-23-9-3-10-24-53)54-25-11-4-12-26-54/h1-45H. The zero-order valence-corrected chi connectivity index (χ0v) is 38.3. The molecule has 70 heavy (non-hydrogen) atoms. The first-order chi connectivity index (χ1) is 34.7. The van der Waals surface area contributed by atoms with E-state index in [1.165, 1.54) is 77.5 Å². The minimum atomic E-state index is -0.595. The minimum absolute atomic E-state index is 0.554. The summed E-state index contributed by atoms with van der Waals surface area (Å²) in [7, 11) is 0. The van der Waals surface area contributed by atoms with E-state index in [0.29, 0.717) is 0 Å². The maximum atomic E-state index is 5.85. The summed E-state index contributed by atoms with van der Waals surface area (Å²) in [5, 5.41) is 3.57. The molecule has 0 spiro atoms. The molecule has 1 aromatic heterocycles. The van der Waals surface area contributed by atoms with Gasteiger partial charge in [-0.15, -0.1) is 0 Å². The Balaban J connectivity index is 1.04. The first-order valence-electron chi connectivity index (χ1n) is 24.2. The third kappa shape index (κ3) is 5.87. The van der Waals surface area contributed by atoms with Crippen molar-refractivity contribution in [1.29, 1.82) is 0 Å². The van der Waals surface area contributed by atoms with Crippen LogP contribution in [-0.2, 0) is 10.8 Å². The van der Waals surface area contributed by atoms with E-state index in [4.69, 9.17) is 4.42 Å². The van der Waals surface area contributed by atoms with E-state index in [1.54, 1.807) is 6.26 Å². The second-order valence-electron chi connectivity index (χ2n) is 18.8. The fourth-order valence-electron chi connectivity index (χ4n) is 12.3. The Morgan fingerprint density at radius 2 is 0.714 bits per heavy atom. The normalized spacial score (nSPS) is 13.7. The van der Waals surface area contributed by atoms with Crippen LogP contribution in [0.2, 0.25) is 0 Å². The summed E-state index contributed by atoms with van der Waals surface area (Å²) in [6, 6.07) is 99.0. The molecule has 2 aliphatic carbocycles. The molecule has 0 saturated heterocycles. The van der Waals surface area contributed by atoms with Crippen molar-refractivity contribution in [3.05, 3.63) is 318 Å². The number of anilines is 3. The van der Waals surface area contributed by atoms with Crippen LogP contribution in [0.5, 0.6) is 0 Å². The van der Waals surface area contributed by atoms with Crippen molar-refractivity contribution in [2.75, 3.05) is 4.90 Å². The largest absolute Gasteiger partial charge is 0.464 e. The van der Waals surface area contributed by atoms with Crippen molar-refractivity contribution in [1.82, 2.24) is 0 Å². The van der Waals surface area contributed by atoms with Gasteiger partial charge >= 0.3 is 0 Å². The summed E-state index contributed by atoms with van der Waals surface area (Å²) in [6.07, 6.45) is 1.76. The number of hydrogen-bond acceptors (Lipinski definition) is 2. The Kier molecular flexibility index (Phi) is 9.06. The van der Waals surface area contributed by atoms with E-state index in [9.17, 15) is 0 Å². The summed E-state index contributed by atoms with van der Waals surface area (Å²) in [4.78, 5) is 2.48. The molecule has 0 aliphatic heterocycles. The molecule has 0 unspecified atom stereocenters. The molecule has 328 valence electrons. The molecule has 0 amide bonds.